The third-order valence-electron chi connectivity index (χ3n) is 5.27. The van der Waals surface area contributed by atoms with Gasteiger partial charge in [0.05, 0.1) is 0 Å². The molecule has 5 atom stereocenters. The van der Waals surface area contributed by atoms with Crippen LogP contribution in [0.25, 0.3) is 0 Å². The summed E-state index contributed by atoms with van der Waals surface area (Å²) in [6.07, 6.45) is 5.81. The average Bonchev–Trinajstić information content (AvgIpc) is 2.95. The second kappa shape index (κ2) is 3.03. The Balaban J connectivity index is 1.83. The third-order valence-corrected chi connectivity index (χ3v) is 5.27. The molecule has 4 fully saturated rings. The van der Waals surface area contributed by atoms with Crippen molar-refractivity contribution in [1.29, 1.82) is 0 Å². The van der Waals surface area contributed by atoms with Gasteiger partial charge in [0.15, 0.2) is 5.41 Å². The molecule has 2 saturated carbocycles. The van der Waals surface area contributed by atoms with Gasteiger partial charge in [0.25, 0.3) is 0 Å². The second-order valence-corrected chi connectivity index (χ2v) is 5.83. The molecule has 4 heteroatoms. The first-order valence-corrected chi connectivity index (χ1v) is 6.66. The molecule has 0 amide bonds. The SMILES string of the molecule is O=C1O[C@H]2CCC[C@H]2C12C(=O)O[C@H]1CCC[C@@H]12. The lowest BCUT2D eigenvalue weighted by atomic mass is 9.67. The zero-order valence-corrected chi connectivity index (χ0v) is 9.69. The first-order valence-electron chi connectivity index (χ1n) is 6.66. The van der Waals surface area contributed by atoms with Crippen molar-refractivity contribution in [1.82, 2.24) is 0 Å². The second-order valence-electron chi connectivity index (χ2n) is 5.83. The van der Waals surface area contributed by atoms with Gasteiger partial charge in [-0.25, -0.2) is 0 Å². The van der Waals surface area contributed by atoms with E-state index in [1.165, 1.54) is 0 Å². The zero-order valence-electron chi connectivity index (χ0n) is 9.69. The molecule has 1 spiro atoms. The van der Waals surface area contributed by atoms with E-state index in [-0.39, 0.29) is 36.0 Å². The normalized spacial score (nSPS) is 51.5. The Morgan fingerprint density at radius 2 is 1.29 bits per heavy atom. The van der Waals surface area contributed by atoms with E-state index in [1.807, 2.05) is 0 Å². The van der Waals surface area contributed by atoms with E-state index < -0.39 is 5.41 Å². The molecule has 0 N–H and O–H groups in total. The van der Waals surface area contributed by atoms with Gasteiger partial charge >= 0.3 is 11.9 Å². The van der Waals surface area contributed by atoms with Crippen molar-refractivity contribution in [2.24, 2.45) is 17.3 Å². The molecule has 0 aromatic carbocycles. The van der Waals surface area contributed by atoms with Crippen LogP contribution in [0, 0.1) is 17.3 Å². The van der Waals surface area contributed by atoms with E-state index in [4.69, 9.17) is 9.47 Å². The van der Waals surface area contributed by atoms with Gasteiger partial charge in [0.2, 0.25) is 0 Å². The number of ether oxygens (including phenoxy) is 2. The average molecular weight is 236 g/mol. The van der Waals surface area contributed by atoms with Crippen LogP contribution in [-0.2, 0) is 19.1 Å². The topological polar surface area (TPSA) is 52.6 Å². The third kappa shape index (κ3) is 0.964. The van der Waals surface area contributed by atoms with Crippen LogP contribution in [-0.4, -0.2) is 24.1 Å². The van der Waals surface area contributed by atoms with Gasteiger partial charge in [-0.05, 0) is 38.5 Å². The number of esters is 2. The minimum Gasteiger partial charge on any atom is -0.461 e. The lowest BCUT2D eigenvalue weighted by Gasteiger charge is -2.26. The molecule has 4 rings (SSSR count). The van der Waals surface area contributed by atoms with Crippen LogP contribution >= 0.6 is 0 Å². The van der Waals surface area contributed by atoms with Crippen LogP contribution < -0.4 is 0 Å². The van der Waals surface area contributed by atoms with Crippen LogP contribution in [0.2, 0.25) is 0 Å². The molecule has 4 nitrogen and oxygen atoms in total. The summed E-state index contributed by atoms with van der Waals surface area (Å²) in [5, 5.41) is 0. The molecule has 2 aliphatic heterocycles. The summed E-state index contributed by atoms with van der Waals surface area (Å²) in [4.78, 5) is 24.5. The fourth-order valence-corrected chi connectivity index (χ4v) is 4.61. The highest BCUT2D eigenvalue weighted by Crippen LogP contribution is 2.60. The Morgan fingerprint density at radius 3 is 1.76 bits per heavy atom. The molecule has 4 aliphatic rings. The smallest absolute Gasteiger partial charge is 0.324 e. The number of fused-ring (bicyclic) bond motifs is 4. The molecule has 92 valence electrons. The minimum absolute atomic E-state index is 0.0191. The fraction of sp³-hybridized carbons (Fsp3) is 0.846. The van der Waals surface area contributed by atoms with Gasteiger partial charge in [-0.2, -0.15) is 0 Å². The summed E-state index contributed by atoms with van der Waals surface area (Å²) in [6.45, 7) is 0. The Hall–Kier alpha value is -1.06. The van der Waals surface area contributed by atoms with E-state index in [0.717, 1.165) is 38.5 Å². The molecule has 2 saturated heterocycles. The first-order chi connectivity index (χ1) is 8.24. The Labute approximate surface area is 99.6 Å². The molecule has 17 heavy (non-hydrogen) atoms. The highest BCUT2D eigenvalue weighted by molar-refractivity contribution is 6.04. The maximum atomic E-state index is 12.2. The van der Waals surface area contributed by atoms with Crippen molar-refractivity contribution >= 4 is 11.9 Å². The number of hydrogen-bond donors (Lipinski definition) is 0. The largest absolute Gasteiger partial charge is 0.461 e. The molecule has 2 heterocycles. The zero-order chi connectivity index (χ0) is 11.6. The predicted octanol–water partition coefficient (Wildman–Crippen LogP) is 1.42. The van der Waals surface area contributed by atoms with Crippen molar-refractivity contribution in [3.8, 4) is 0 Å². The summed E-state index contributed by atoms with van der Waals surface area (Å²) in [5.74, 6) is -0.385. The fourth-order valence-electron chi connectivity index (χ4n) is 4.61. The van der Waals surface area contributed by atoms with Gasteiger partial charge in [-0.3, -0.25) is 9.59 Å². The number of carbonyl (C=O) groups excluding carboxylic acids is 2. The highest BCUT2D eigenvalue weighted by atomic mass is 16.6. The van der Waals surface area contributed by atoms with Crippen LogP contribution in [0.5, 0.6) is 0 Å². The molecule has 0 radical (unpaired) electrons. The first kappa shape index (κ1) is 9.92. The van der Waals surface area contributed by atoms with E-state index in [0.29, 0.717) is 0 Å². The van der Waals surface area contributed by atoms with E-state index >= 15 is 0 Å². The van der Waals surface area contributed by atoms with Crippen molar-refractivity contribution in [3.05, 3.63) is 0 Å². The van der Waals surface area contributed by atoms with Gasteiger partial charge in [-0.1, -0.05) is 0 Å². The molecular weight excluding hydrogens is 220 g/mol. The molecular formula is C13H16O4. The van der Waals surface area contributed by atoms with E-state index in [9.17, 15) is 9.59 Å². The van der Waals surface area contributed by atoms with E-state index in [1.54, 1.807) is 0 Å². The molecule has 0 bridgehead atoms. The molecule has 2 aliphatic carbocycles. The summed E-state index contributed by atoms with van der Waals surface area (Å²) in [6, 6.07) is 0. The van der Waals surface area contributed by atoms with Crippen LogP contribution in [0.4, 0.5) is 0 Å². The van der Waals surface area contributed by atoms with Gasteiger partial charge < -0.3 is 9.47 Å². The van der Waals surface area contributed by atoms with Crippen LogP contribution in [0.3, 0.4) is 0 Å². The van der Waals surface area contributed by atoms with Crippen LogP contribution in [0.15, 0.2) is 0 Å². The number of rotatable bonds is 0. The molecule has 1 unspecified atom stereocenters. The van der Waals surface area contributed by atoms with Crippen molar-refractivity contribution in [2.75, 3.05) is 0 Å². The highest BCUT2D eigenvalue weighted by Gasteiger charge is 2.73. The quantitative estimate of drug-likeness (QED) is 0.471. The van der Waals surface area contributed by atoms with Gasteiger partial charge in [-0.15, -0.1) is 0 Å². The summed E-state index contributed by atoms with van der Waals surface area (Å²) in [5.41, 5.74) is -0.914. The maximum absolute atomic E-state index is 12.2. The van der Waals surface area contributed by atoms with Gasteiger partial charge in [0.1, 0.15) is 12.2 Å². The van der Waals surface area contributed by atoms with Gasteiger partial charge in [0, 0.05) is 11.8 Å². The number of carbonyl (C=O) groups is 2. The Bertz CT molecular complexity index is 364. The Kier molecular flexibility index (Phi) is 1.77. The van der Waals surface area contributed by atoms with Crippen LogP contribution in [0.1, 0.15) is 38.5 Å². The predicted molar refractivity (Wildman–Crippen MR) is 56.9 cm³/mol. The lowest BCUT2D eigenvalue weighted by molar-refractivity contribution is -0.161. The summed E-state index contributed by atoms with van der Waals surface area (Å²) in [7, 11) is 0. The maximum Gasteiger partial charge on any atom is 0.324 e. The number of hydrogen-bond acceptors (Lipinski definition) is 4. The minimum atomic E-state index is -0.914. The molecule has 0 aromatic rings. The molecule has 0 aromatic heterocycles. The van der Waals surface area contributed by atoms with Crippen molar-refractivity contribution in [3.63, 3.8) is 0 Å². The van der Waals surface area contributed by atoms with E-state index in [2.05, 4.69) is 0 Å². The van der Waals surface area contributed by atoms with Crippen molar-refractivity contribution in [2.45, 2.75) is 50.7 Å². The summed E-state index contributed by atoms with van der Waals surface area (Å²) >= 11 is 0. The lowest BCUT2D eigenvalue weighted by Crippen LogP contribution is -2.43. The summed E-state index contributed by atoms with van der Waals surface area (Å²) < 4.78 is 10.9. The monoisotopic (exact) mass is 236 g/mol. The van der Waals surface area contributed by atoms with Crippen molar-refractivity contribution < 1.29 is 19.1 Å². The Morgan fingerprint density at radius 1 is 0.824 bits per heavy atom. The standard InChI is InChI=1S/C13H16O4/c14-11-13(7-3-1-5-9(7)16-11)8-4-2-6-10(8)17-12(13)15/h7-10H,1-6H2/t7-,8+,9-,10-,13?/m0/s1.